The third kappa shape index (κ3) is 7.57. The minimum atomic E-state index is -0.724. The number of carbonyl (C=O) groups is 4. The summed E-state index contributed by atoms with van der Waals surface area (Å²) in [6.45, 7) is 1.96. The fraction of sp³-hybridized carbons (Fsp3) is 0.273. The van der Waals surface area contributed by atoms with Gasteiger partial charge in [-0.25, -0.2) is 4.79 Å². The number of ketones is 2. The SMILES string of the molecule is CC(=O)c1ccc(OCC(=O)OCC(=O)N[C@H](Cc2ccccc2)C(C)=O)cc1. The van der Waals surface area contributed by atoms with Crippen molar-refractivity contribution in [3.05, 3.63) is 65.7 Å². The third-order valence-corrected chi connectivity index (χ3v) is 4.09. The van der Waals surface area contributed by atoms with Gasteiger partial charge in [0.25, 0.3) is 5.91 Å². The molecule has 1 amide bonds. The number of ether oxygens (including phenoxy) is 2. The Balaban J connectivity index is 1.75. The number of Topliss-reactive ketones (excluding diaryl/α,β-unsaturated/α-hetero) is 2. The molecule has 0 fully saturated rings. The van der Waals surface area contributed by atoms with E-state index in [1.54, 1.807) is 24.3 Å². The van der Waals surface area contributed by atoms with Crippen molar-refractivity contribution in [2.45, 2.75) is 26.3 Å². The molecule has 0 radical (unpaired) electrons. The van der Waals surface area contributed by atoms with Crippen molar-refractivity contribution in [2.24, 2.45) is 0 Å². The van der Waals surface area contributed by atoms with Crippen LogP contribution in [0.25, 0.3) is 0 Å². The Morgan fingerprint density at radius 2 is 1.55 bits per heavy atom. The first kappa shape index (κ1) is 21.8. The molecule has 0 unspecified atom stereocenters. The number of amides is 1. The summed E-state index contributed by atoms with van der Waals surface area (Å²) in [5, 5.41) is 2.57. The van der Waals surface area contributed by atoms with Gasteiger partial charge in [-0.15, -0.1) is 0 Å². The van der Waals surface area contributed by atoms with Crippen LogP contribution in [-0.2, 0) is 25.5 Å². The molecule has 0 saturated carbocycles. The molecular weight excluding hydrogens is 374 g/mol. The van der Waals surface area contributed by atoms with Crippen LogP contribution in [-0.4, -0.2) is 42.7 Å². The zero-order chi connectivity index (χ0) is 21.2. The Hall–Kier alpha value is -3.48. The Bertz CT molecular complexity index is 861. The molecule has 0 aliphatic carbocycles. The van der Waals surface area contributed by atoms with Gasteiger partial charge in [0.05, 0.1) is 6.04 Å². The van der Waals surface area contributed by atoms with Crippen LogP contribution in [0, 0.1) is 0 Å². The second-order valence-electron chi connectivity index (χ2n) is 6.45. The molecule has 1 atom stereocenters. The summed E-state index contributed by atoms with van der Waals surface area (Å²) >= 11 is 0. The molecule has 0 heterocycles. The van der Waals surface area contributed by atoms with E-state index >= 15 is 0 Å². The van der Waals surface area contributed by atoms with E-state index in [0.29, 0.717) is 17.7 Å². The number of rotatable bonds is 10. The summed E-state index contributed by atoms with van der Waals surface area (Å²) in [5.74, 6) is -1.15. The number of carbonyl (C=O) groups excluding carboxylic acids is 4. The van der Waals surface area contributed by atoms with Crippen LogP contribution in [0.3, 0.4) is 0 Å². The molecule has 0 aliphatic rings. The van der Waals surface area contributed by atoms with E-state index in [9.17, 15) is 19.2 Å². The van der Waals surface area contributed by atoms with E-state index in [1.807, 2.05) is 30.3 Å². The monoisotopic (exact) mass is 397 g/mol. The molecular formula is C22H23NO6. The van der Waals surface area contributed by atoms with Gasteiger partial charge in [0.15, 0.2) is 24.8 Å². The molecule has 0 aliphatic heterocycles. The summed E-state index contributed by atoms with van der Waals surface area (Å²) in [4.78, 5) is 46.8. The summed E-state index contributed by atoms with van der Waals surface area (Å²) in [6, 6.07) is 14.9. The summed E-state index contributed by atoms with van der Waals surface area (Å²) < 4.78 is 10.1. The van der Waals surface area contributed by atoms with Crippen LogP contribution in [0.2, 0.25) is 0 Å². The lowest BCUT2D eigenvalue weighted by molar-refractivity contribution is -0.150. The lowest BCUT2D eigenvalue weighted by Gasteiger charge is -2.16. The molecule has 0 saturated heterocycles. The van der Waals surface area contributed by atoms with Crippen molar-refractivity contribution < 1.29 is 28.7 Å². The highest BCUT2D eigenvalue weighted by atomic mass is 16.6. The molecule has 7 heteroatoms. The summed E-state index contributed by atoms with van der Waals surface area (Å²) in [5.41, 5.74) is 1.45. The quantitative estimate of drug-likeness (QED) is 0.487. The number of hydrogen-bond acceptors (Lipinski definition) is 6. The third-order valence-electron chi connectivity index (χ3n) is 4.09. The molecule has 2 aromatic carbocycles. The highest BCUT2D eigenvalue weighted by Gasteiger charge is 2.18. The van der Waals surface area contributed by atoms with Crippen LogP contribution < -0.4 is 10.1 Å². The van der Waals surface area contributed by atoms with Crippen molar-refractivity contribution in [3.8, 4) is 5.75 Å². The number of hydrogen-bond donors (Lipinski definition) is 1. The minimum absolute atomic E-state index is 0.0712. The van der Waals surface area contributed by atoms with E-state index in [1.165, 1.54) is 13.8 Å². The van der Waals surface area contributed by atoms with Crippen LogP contribution in [0.5, 0.6) is 5.75 Å². The highest BCUT2D eigenvalue weighted by molar-refractivity contribution is 5.94. The fourth-order valence-corrected chi connectivity index (χ4v) is 2.50. The Morgan fingerprint density at radius 1 is 0.897 bits per heavy atom. The van der Waals surface area contributed by atoms with E-state index in [-0.39, 0.29) is 18.2 Å². The molecule has 0 spiro atoms. The molecule has 2 rings (SSSR count). The predicted molar refractivity (Wildman–Crippen MR) is 106 cm³/mol. The topological polar surface area (TPSA) is 98.8 Å². The molecule has 29 heavy (non-hydrogen) atoms. The normalized spacial score (nSPS) is 11.2. The van der Waals surface area contributed by atoms with Gasteiger partial charge < -0.3 is 14.8 Å². The second-order valence-corrected chi connectivity index (χ2v) is 6.45. The first-order chi connectivity index (χ1) is 13.8. The van der Waals surface area contributed by atoms with Gasteiger partial charge in [-0.2, -0.15) is 0 Å². The average Bonchev–Trinajstić information content (AvgIpc) is 2.71. The van der Waals surface area contributed by atoms with Crippen LogP contribution in [0.4, 0.5) is 0 Å². The first-order valence-corrected chi connectivity index (χ1v) is 9.08. The smallest absolute Gasteiger partial charge is 0.344 e. The lowest BCUT2D eigenvalue weighted by Crippen LogP contribution is -2.43. The number of nitrogens with one attached hydrogen (secondary N) is 1. The molecule has 2 aromatic rings. The van der Waals surface area contributed by atoms with Gasteiger partial charge in [0, 0.05) is 5.56 Å². The molecule has 0 aromatic heterocycles. The van der Waals surface area contributed by atoms with Crippen molar-refractivity contribution in [1.29, 1.82) is 0 Å². The van der Waals surface area contributed by atoms with E-state index in [2.05, 4.69) is 5.32 Å². The van der Waals surface area contributed by atoms with Gasteiger partial charge in [-0.05, 0) is 50.1 Å². The average molecular weight is 397 g/mol. The Labute approximate surface area is 169 Å². The Morgan fingerprint density at radius 3 is 2.14 bits per heavy atom. The van der Waals surface area contributed by atoms with E-state index < -0.39 is 24.5 Å². The zero-order valence-electron chi connectivity index (χ0n) is 16.3. The minimum Gasteiger partial charge on any atom is -0.482 e. The van der Waals surface area contributed by atoms with Crippen molar-refractivity contribution >= 4 is 23.4 Å². The van der Waals surface area contributed by atoms with Crippen molar-refractivity contribution in [2.75, 3.05) is 13.2 Å². The zero-order valence-corrected chi connectivity index (χ0v) is 16.3. The van der Waals surface area contributed by atoms with Gasteiger partial charge in [-0.3, -0.25) is 14.4 Å². The first-order valence-electron chi connectivity index (χ1n) is 9.08. The van der Waals surface area contributed by atoms with Crippen LogP contribution >= 0.6 is 0 Å². The maximum atomic E-state index is 12.0. The van der Waals surface area contributed by atoms with Gasteiger partial charge in [0.1, 0.15) is 5.75 Å². The maximum Gasteiger partial charge on any atom is 0.344 e. The van der Waals surface area contributed by atoms with Crippen molar-refractivity contribution in [3.63, 3.8) is 0 Å². The summed E-state index contributed by atoms with van der Waals surface area (Å²) in [7, 11) is 0. The molecule has 0 bridgehead atoms. The van der Waals surface area contributed by atoms with E-state index in [4.69, 9.17) is 9.47 Å². The largest absolute Gasteiger partial charge is 0.482 e. The number of benzene rings is 2. The standard InChI is InChI=1S/C22H23NO6/c1-15(24)18-8-10-19(11-9-18)28-14-22(27)29-13-21(26)23-20(16(2)25)12-17-6-4-3-5-7-17/h3-11,20H,12-14H2,1-2H3,(H,23,26)/t20-/m1/s1. The van der Waals surface area contributed by atoms with Gasteiger partial charge in [-0.1, -0.05) is 30.3 Å². The van der Waals surface area contributed by atoms with Gasteiger partial charge in [0.2, 0.25) is 0 Å². The van der Waals surface area contributed by atoms with Gasteiger partial charge >= 0.3 is 5.97 Å². The Kier molecular flexibility index (Phi) is 8.09. The summed E-state index contributed by atoms with van der Waals surface area (Å²) in [6.07, 6.45) is 0.356. The number of esters is 1. The van der Waals surface area contributed by atoms with Crippen LogP contribution in [0.15, 0.2) is 54.6 Å². The van der Waals surface area contributed by atoms with E-state index in [0.717, 1.165) is 5.56 Å². The lowest BCUT2D eigenvalue weighted by atomic mass is 10.0. The highest BCUT2D eigenvalue weighted by Crippen LogP contribution is 2.12. The van der Waals surface area contributed by atoms with Crippen molar-refractivity contribution in [1.82, 2.24) is 5.32 Å². The maximum absolute atomic E-state index is 12.0. The predicted octanol–water partition coefficient (Wildman–Crippen LogP) is 2.13. The van der Waals surface area contributed by atoms with Crippen LogP contribution in [0.1, 0.15) is 29.8 Å². The fourth-order valence-electron chi connectivity index (χ4n) is 2.50. The second kappa shape index (κ2) is 10.8. The molecule has 1 N–H and O–H groups in total. The molecule has 152 valence electrons. The molecule has 7 nitrogen and oxygen atoms in total.